The number of nitrogens with one attached hydrogen (secondary N) is 1. The maximum atomic E-state index is 12.6. The van der Waals surface area contributed by atoms with Crippen LogP contribution in [0.1, 0.15) is 18.1 Å². The van der Waals surface area contributed by atoms with Crippen molar-refractivity contribution in [2.24, 2.45) is 10.1 Å². The molecule has 1 aliphatic heterocycles. The van der Waals surface area contributed by atoms with Crippen LogP contribution in [-0.2, 0) is 6.18 Å². The molecule has 0 amide bonds. The largest absolute Gasteiger partial charge is 0.416 e. The highest BCUT2D eigenvalue weighted by Gasteiger charge is 2.30. The van der Waals surface area contributed by atoms with Crippen molar-refractivity contribution in [3.05, 3.63) is 53.2 Å². The molecule has 22 heavy (non-hydrogen) atoms. The van der Waals surface area contributed by atoms with Crippen LogP contribution in [-0.4, -0.2) is 24.2 Å². The Labute approximate surface area is 126 Å². The topological polar surface area (TPSA) is 40.0 Å². The molecule has 0 bridgehead atoms. The summed E-state index contributed by atoms with van der Waals surface area (Å²) in [5.74, 6) is 0.299. The van der Waals surface area contributed by atoms with E-state index in [0.717, 1.165) is 17.8 Å². The minimum atomic E-state index is -4.36. The van der Waals surface area contributed by atoms with Gasteiger partial charge in [-0.1, -0.05) is 18.2 Å². The maximum Gasteiger partial charge on any atom is 0.416 e. The van der Waals surface area contributed by atoms with Crippen molar-refractivity contribution in [1.82, 2.24) is 10.5 Å². The maximum absolute atomic E-state index is 12.6. The Morgan fingerprint density at radius 1 is 1.41 bits per heavy atom. The van der Waals surface area contributed by atoms with E-state index in [1.807, 2.05) is 13.0 Å². The van der Waals surface area contributed by atoms with Gasteiger partial charge in [-0.15, -0.1) is 5.10 Å². The number of hydrogen-bond donors (Lipinski definition) is 1. The van der Waals surface area contributed by atoms with Crippen molar-refractivity contribution in [1.29, 1.82) is 0 Å². The van der Waals surface area contributed by atoms with E-state index >= 15 is 0 Å². The number of allylic oxidation sites excluding steroid dienone is 1. The van der Waals surface area contributed by atoms with Gasteiger partial charge in [0.15, 0.2) is 5.84 Å². The number of halogens is 3. The number of alkyl halides is 3. The lowest BCUT2D eigenvalue weighted by molar-refractivity contribution is -0.137. The van der Waals surface area contributed by atoms with Gasteiger partial charge in [0, 0.05) is 5.70 Å². The third-order valence-corrected chi connectivity index (χ3v) is 2.90. The summed E-state index contributed by atoms with van der Waals surface area (Å²) in [5.41, 5.74) is 3.67. The van der Waals surface area contributed by atoms with Gasteiger partial charge in [-0.25, -0.2) is 10.1 Å². The third-order valence-electron chi connectivity index (χ3n) is 2.90. The van der Waals surface area contributed by atoms with Gasteiger partial charge < -0.3 is 0 Å². The quantitative estimate of drug-likeness (QED) is 0.686. The Bertz CT molecular complexity index is 644. The molecule has 0 fully saturated rings. The minimum Gasteiger partial charge on any atom is -0.287 e. The van der Waals surface area contributed by atoms with Crippen molar-refractivity contribution >= 4 is 18.6 Å². The molecule has 1 heterocycles. The zero-order valence-corrected chi connectivity index (χ0v) is 11.9. The molecule has 1 aliphatic rings. The minimum absolute atomic E-state index is 0.299. The predicted octanol–water partition coefficient (Wildman–Crippen LogP) is 3.46. The lowest BCUT2D eigenvalue weighted by atomic mass is 10.1. The Morgan fingerprint density at radius 2 is 2.18 bits per heavy atom. The average Bonchev–Trinajstić information content (AvgIpc) is 2.88. The molecule has 2 rings (SSSR count). The molecular formula is C15H15F3N4. The number of aliphatic imine (C=N–C) groups is 1. The van der Waals surface area contributed by atoms with Crippen molar-refractivity contribution in [3.8, 4) is 0 Å². The highest BCUT2D eigenvalue weighted by molar-refractivity contribution is 5.98. The van der Waals surface area contributed by atoms with Crippen LogP contribution >= 0.6 is 0 Å². The van der Waals surface area contributed by atoms with Gasteiger partial charge in [0.2, 0.25) is 0 Å². The highest BCUT2D eigenvalue weighted by Crippen LogP contribution is 2.29. The van der Waals surface area contributed by atoms with Gasteiger partial charge in [-0.3, -0.25) is 5.43 Å². The molecule has 1 aromatic carbocycles. The normalized spacial score (nSPS) is 15.9. The third kappa shape index (κ3) is 4.21. The van der Waals surface area contributed by atoms with Crippen LogP contribution in [0.3, 0.4) is 0 Å². The molecule has 1 aromatic rings. The Hall–Kier alpha value is -2.57. The molecule has 0 saturated heterocycles. The van der Waals surface area contributed by atoms with Gasteiger partial charge in [0.25, 0.3) is 0 Å². The summed E-state index contributed by atoms with van der Waals surface area (Å²) in [6, 6.07) is 5.03. The van der Waals surface area contributed by atoms with Gasteiger partial charge >= 0.3 is 6.18 Å². The van der Waals surface area contributed by atoms with E-state index in [1.54, 1.807) is 11.2 Å². The molecule has 0 spiro atoms. The number of amidine groups is 1. The number of hydrogen-bond acceptors (Lipinski definition) is 3. The highest BCUT2D eigenvalue weighted by atomic mass is 19.4. The van der Waals surface area contributed by atoms with Crippen LogP contribution in [0, 0.1) is 0 Å². The molecule has 0 aromatic heterocycles. The van der Waals surface area contributed by atoms with Crippen LogP contribution in [0.5, 0.6) is 0 Å². The standard InChI is InChI=1S/C15H15F3N4/c1-11-8-9-22(20-11)21-14(19-2)7-6-12-4-3-5-13(10-12)15(16,17)18/h3-8,10,20H,2,9H2,1H3/b7-6+,21-14?. The summed E-state index contributed by atoms with van der Waals surface area (Å²) < 4.78 is 37.9. The Morgan fingerprint density at radius 3 is 2.77 bits per heavy atom. The fraction of sp³-hybridized carbons (Fsp3) is 0.200. The lowest BCUT2D eigenvalue weighted by Crippen LogP contribution is -2.27. The summed E-state index contributed by atoms with van der Waals surface area (Å²) in [6.07, 6.45) is 0.609. The molecule has 0 radical (unpaired) electrons. The molecule has 0 atom stereocenters. The molecule has 0 saturated carbocycles. The van der Waals surface area contributed by atoms with Gasteiger partial charge in [0.1, 0.15) is 0 Å². The van der Waals surface area contributed by atoms with E-state index in [9.17, 15) is 13.2 Å². The van der Waals surface area contributed by atoms with E-state index in [0.29, 0.717) is 17.9 Å². The zero-order chi connectivity index (χ0) is 16.2. The number of benzene rings is 1. The second kappa shape index (κ2) is 6.46. The average molecular weight is 308 g/mol. The fourth-order valence-corrected chi connectivity index (χ4v) is 1.81. The first-order valence-electron chi connectivity index (χ1n) is 6.50. The van der Waals surface area contributed by atoms with Crippen molar-refractivity contribution in [3.63, 3.8) is 0 Å². The molecule has 0 aliphatic carbocycles. The second-order valence-corrected chi connectivity index (χ2v) is 4.65. The van der Waals surface area contributed by atoms with Crippen LogP contribution in [0.2, 0.25) is 0 Å². The van der Waals surface area contributed by atoms with E-state index in [-0.39, 0.29) is 0 Å². The molecule has 116 valence electrons. The summed E-state index contributed by atoms with van der Waals surface area (Å²) in [7, 11) is 0. The van der Waals surface area contributed by atoms with Gasteiger partial charge in [-0.2, -0.15) is 13.2 Å². The molecule has 0 unspecified atom stereocenters. The summed E-state index contributed by atoms with van der Waals surface area (Å²) >= 11 is 0. The summed E-state index contributed by atoms with van der Waals surface area (Å²) in [6.45, 7) is 5.89. The first-order valence-corrected chi connectivity index (χ1v) is 6.50. The summed E-state index contributed by atoms with van der Waals surface area (Å²) in [4.78, 5) is 3.75. The molecule has 7 heteroatoms. The van der Waals surface area contributed by atoms with Crippen molar-refractivity contribution in [2.45, 2.75) is 13.1 Å². The fourth-order valence-electron chi connectivity index (χ4n) is 1.81. The van der Waals surface area contributed by atoms with E-state index in [4.69, 9.17) is 0 Å². The lowest BCUT2D eigenvalue weighted by Gasteiger charge is -2.12. The summed E-state index contributed by atoms with van der Waals surface area (Å²) in [5, 5.41) is 5.74. The first kappa shape index (κ1) is 15.8. The first-order chi connectivity index (χ1) is 10.4. The molecule has 4 nitrogen and oxygen atoms in total. The van der Waals surface area contributed by atoms with Crippen molar-refractivity contribution in [2.75, 3.05) is 6.54 Å². The predicted molar refractivity (Wildman–Crippen MR) is 81.1 cm³/mol. The SMILES string of the molecule is C=NC(/C=C/c1cccc(C(F)(F)F)c1)=NN1CC=C(C)N1. The van der Waals surface area contributed by atoms with Crippen molar-refractivity contribution < 1.29 is 13.2 Å². The zero-order valence-electron chi connectivity index (χ0n) is 11.9. The van der Waals surface area contributed by atoms with Crippen LogP contribution in [0.15, 0.2) is 52.2 Å². The molecule has 1 N–H and O–H groups in total. The van der Waals surface area contributed by atoms with Crippen LogP contribution < -0.4 is 5.43 Å². The Balaban J connectivity index is 2.13. The number of nitrogens with zero attached hydrogens (tertiary/aromatic N) is 3. The van der Waals surface area contributed by atoms with Crippen LogP contribution in [0.25, 0.3) is 6.08 Å². The van der Waals surface area contributed by atoms with Gasteiger partial charge in [0.05, 0.1) is 12.1 Å². The van der Waals surface area contributed by atoms with E-state index in [1.165, 1.54) is 18.2 Å². The number of rotatable bonds is 3. The monoisotopic (exact) mass is 308 g/mol. The smallest absolute Gasteiger partial charge is 0.287 e. The molecular weight excluding hydrogens is 293 g/mol. The van der Waals surface area contributed by atoms with Gasteiger partial charge in [-0.05, 0) is 43.5 Å². The second-order valence-electron chi connectivity index (χ2n) is 4.65. The number of hydrazine groups is 1. The Kier molecular flexibility index (Phi) is 4.65. The van der Waals surface area contributed by atoms with Crippen LogP contribution in [0.4, 0.5) is 13.2 Å². The van der Waals surface area contributed by atoms with E-state index in [2.05, 4.69) is 22.2 Å². The number of hydrazone groups is 1. The van der Waals surface area contributed by atoms with E-state index < -0.39 is 11.7 Å².